The third-order valence-electron chi connectivity index (χ3n) is 2.76. The van der Waals surface area contributed by atoms with Gasteiger partial charge >= 0.3 is 0 Å². The number of likely N-dealkylation sites (N-methyl/N-ethyl adjacent to an activating group) is 1. The van der Waals surface area contributed by atoms with Crippen LogP contribution in [0, 0.1) is 5.92 Å². The Hall–Kier alpha value is -1.59. The van der Waals surface area contributed by atoms with Crippen molar-refractivity contribution in [1.82, 2.24) is 19.7 Å². The number of aromatic nitrogens is 3. The van der Waals surface area contributed by atoms with Gasteiger partial charge in [0.2, 0.25) is 11.9 Å². The van der Waals surface area contributed by atoms with E-state index >= 15 is 0 Å². The lowest BCUT2D eigenvalue weighted by molar-refractivity contribution is -0.132. The molecule has 0 aliphatic heterocycles. The van der Waals surface area contributed by atoms with Crippen molar-refractivity contribution in [2.45, 2.75) is 26.3 Å². The molecule has 2 N–H and O–H groups in total. The van der Waals surface area contributed by atoms with Gasteiger partial charge in [-0.3, -0.25) is 4.79 Å². The van der Waals surface area contributed by atoms with Gasteiger partial charge in [-0.1, -0.05) is 0 Å². The number of carbonyl (C=O) groups is 1. The molecule has 0 saturated heterocycles. The quantitative estimate of drug-likeness (QED) is 0.769. The summed E-state index contributed by atoms with van der Waals surface area (Å²) in [5.74, 6) is 1.00. The molecule has 6 nitrogen and oxygen atoms in total. The summed E-state index contributed by atoms with van der Waals surface area (Å²) in [6, 6.07) is 0. The van der Waals surface area contributed by atoms with Crippen molar-refractivity contribution in [2.75, 3.05) is 18.8 Å². The predicted molar refractivity (Wildman–Crippen MR) is 59.4 cm³/mol. The van der Waals surface area contributed by atoms with Gasteiger partial charge < -0.3 is 10.6 Å². The molecule has 1 amide bonds. The Morgan fingerprint density at radius 2 is 2.44 bits per heavy atom. The van der Waals surface area contributed by atoms with Crippen LogP contribution >= 0.6 is 0 Å². The number of hydrogen-bond donors (Lipinski definition) is 1. The molecule has 2 rings (SSSR count). The van der Waals surface area contributed by atoms with E-state index in [1.165, 1.54) is 23.9 Å². The Bertz CT molecular complexity index is 371. The molecular formula is C10H17N5O. The minimum atomic E-state index is 0.0827. The zero-order valence-electron chi connectivity index (χ0n) is 9.46. The van der Waals surface area contributed by atoms with Gasteiger partial charge in [0.15, 0.2) is 0 Å². The third-order valence-corrected chi connectivity index (χ3v) is 2.76. The molecule has 16 heavy (non-hydrogen) atoms. The van der Waals surface area contributed by atoms with Gasteiger partial charge in [-0.25, -0.2) is 9.67 Å². The second-order valence-electron chi connectivity index (χ2n) is 4.18. The van der Waals surface area contributed by atoms with Crippen molar-refractivity contribution in [2.24, 2.45) is 5.92 Å². The van der Waals surface area contributed by atoms with Gasteiger partial charge in [-0.05, 0) is 25.7 Å². The first-order chi connectivity index (χ1) is 7.69. The first kappa shape index (κ1) is 10.9. The summed E-state index contributed by atoms with van der Waals surface area (Å²) in [4.78, 5) is 17.6. The van der Waals surface area contributed by atoms with E-state index in [1.807, 2.05) is 11.8 Å². The van der Waals surface area contributed by atoms with E-state index in [-0.39, 0.29) is 18.4 Å². The predicted octanol–water partition coefficient (Wildman–Crippen LogP) is 0.119. The van der Waals surface area contributed by atoms with Gasteiger partial charge in [-0.2, -0.15) is 0 Å². The summed E-state index contributed by atoms with van der Waals surface area (Å²) >= 11 is 0. The van der Waals surface area contributed by atoms with Crippen LogP contribution in [0.2, 0.25) is 0 Å². The minimum absolute atomic E-state index is 0.0827. The number of nitrogen functional groups attached to an aromatic ring is 1. The largest absolute Gasteiger partial charge is 0.367 e. The molecule has 1 aliphatic carbocycles. The van der Waals surface area contributed by atoms with Gasteiger partial charge in [0.1, 0.15) is 12.9 Å². The van der Waals surface area contributed by atoms with Crippen LogP contribution in [0.4, 0.5) is 5.95 Å². The summed E-state index contributed by atoms with van der Waals surface area (Å²) in [7, 11) is 0. The normalized spacial score (nSPS) is 15.1. The van der Waals surface area contributed by atoms with Crippen molar-refractivity contribution in [3.8, 4) is 0 Å². The summed E-state index contributed by atoms with van der Waals surface area (Å²) < 4.78 is 1.48. The molecular weight excluding hydrogens is 206 g/mol. The van der Waals surface area contributed by atoms with Crippen molar-refractivity contribution in [3.63, 3.8) is 0 Å². The van der Waals surface area contributed by atoms with Crippen LogP contribution < -0.4 is 5.73 Å². The van der Waals surface area contributed by atoms with E-state index in [2.05, 4.69) is 10.1 Å². The standard InChI is InChI=1S/C10H17N5O/c1-2-14(5-8-3-4-8)9(16)6-15-7-12-10(11)13-15/h7-8H,2-6H2,1H3,(H2,11,13). The Labute approximate surface area is 94.4 Å². The van der Waals surface area contributed by atoms with Crippen molar-refractivity contribution in [3.05, 3.63) is 6.33 Å². The highest BCUT2D eigenvalue weighted by atomic mass is 16.2. The molecule has 1 aliphatic rings. The van der Waals surface area contributed by atoms with Crippen LogP contribution in [0.3, 0.4) is 0 Å². The van der Waals surface area contributed by atoms with E-state index in [4.69, 9.17) is 5.73 Å². The van der Waals surface area contributed by atoms with Gasteiger partial charge in [0.05, 0.1) is 0 Å². The summed E-state index contributed by atoms with van der Waals surface area (Å²) in [6.07, 6.45) is 3.98. The first-order valence-electron chi connectivity index (χ1n) is 5.61. The van der Waals surface area contributed by atoms with Crippen LogP contribution in [0.5, 0.6) is 0 Å². The fourth-order valence-electron chi connectivity index (χ4n) is 1.64. The average molecular weight is 223 g/mol. The molecule has 0 atom stereocenters. The van der Waals surface area contributed by atoms with E-state index < -0.39 is 0 Å². The van der Waals surface area contributed by atoms with E-state index in [9.17, 15) is 4.79 Å². The molecule has 1 saturated carbocycles. The van der Waals surface area contributed by atoms with Crippen molar-refractivity contribution in [1.29, 1.82) is 0 Å². The number of anilines is 1. The maximum absolute atomic E-state index is 11.9. The Kier molecular flexibility index (Phi) is 3.07. The fraction of sp³-hybridized carbons (Fsp3) is 0.700. The molecule has 1 heterocycles. The van der Waals surface area contributed by atoms with Crippen LogP contribution in [0.15, 0.2) is 6.33 Å². The maximum Gasteiger partial charge on any atom is 0.244 e. The number of amides is 1. The second-order valence-corrected chi connectivity index (χ2v) is 4.18. The molecule has 1 aromatic heterocycles. The lowest BCUT2D eigenvalue weighted by atomic mass is 10.3. The number of rotatable bonds is 5. The Morgan fingerprint density at radius 1 is 1.69 bits per heavy atom. The zero-order valence-corrected chi connectivity index (χ0v) is 9.46. The lowest BCUT2D eigenvalue weighted by Gasteiger charge is -2.20. The molecule has 0 spiro atoms. The smallest absolute Gasteiger partial charge is 0.244 e. The molecule has 1 aromatic rings. The minimum Gasteiger partial charge on any atom is -0.367 e. The maximum atomic E-state index is 11.9. The van der Waals surface area contributed by atoms with Gasteiger partial charge in [0.25, 0.3) is 0 Å². The van der Waals surface area contributed by atoms with Crippen molar-refractivity contribution < 1.29 is 4.79 Å². The van der Waals surface area contributed by atoms with E-state index in [0.29, 0.717) is 5.92 Å². The van der Waals surface area contributed by atoms with E-state index in [1.54, 1.807) is 0 Å². The molecule has 0 aromatic carbocycles. The second kappa shape index (κ2) is 4.51. The SMILES string of the molecule is CCN(CC1CC1)C(=O)Cn1cnc(N)n1. The van der Waals surface area contributed by atoms with Gasteiger partial charge in [-0.15, -0.1) is 5.10 Å². The molecule has 88 valence electrons. The Balaban J connectivity index is 1.89. The molecule has 0 radical (unpaired) electrons. The van der Waals surface area contributed by atoms with Crippen LogP contribution in [-0.4, -0.2) is 38.7 Å². The molecule has 6 heteroatoms. The third kappa shape index (κ3) is 2.71. The molecule has 1 fully saturated rings. The fourth-order valence-corrected chi connectivity index (χ4v) is 1.64. The highest BCUT2D eigenvalue weighted by Crippen LogP contribution is 2.29. The van der Waals surface area contributed by atoms with E-state index in [0.717, 1.165) is 13.1 Å². The summed E-state index contributed by atoms with van der Waals surface area (Å²) in [5, 5.41) is 3.90. The number of nitrogens with two attached hydrogens (primary N) is 1. The van der Waals surface area contributed by atoms with Crippen molar-refractivity contribution >= 4 is 11.9 Å². The number of nitrogens with zero attached hydrogens (tertiary/aromatic N) is 4. The first-order valence-corrected chi connectivity index (χ1v) is 5.61. The zero-order chi connectivity index (χ0) is 11.5. The molecule has 0 bridgehead atoms. The van der Waals surface area contributed by atoms with Crippen LogP contribution in [0.1, 0.15) is 19.8 Å². The van der Waals surface area contributed by atoms with Crippen LogP contribution in [0.25, 0.3) is 0 Å². The monoisotopic (exact) mass is 223 g/mol. The molecule has 0 unspecified atom stereocenters. The summed E-state index contributed by atoms with van der Waals surface area (Å²) in [5.41, 5.74) is 5.39. The topological polar surface area (TPSA) is 77.0 Å². The summed E-state index contributed by atoms with van der Waals surface area (Å²) in [6.45, 7) is 3.85. The Morgan fingerprint density at radius 3 is 2.94 bits per heavy atom. The lowest BCUT2D eigenvalue weighted by Crippen LogP contribution is -2.35. The van der Waals surface area contributed by atoms with Crippen LogP contribution in [-0.2, 0) is 11.3 Å². The highest BCUT2D eigenvalue weighted by molar-refractivity contribution is 5.75. The highest BCUT2D eigenvalue weighted by Gasteiger charge is 2.26. The number of hydrogen-bond acceptors (Lipinski definition) is 4. The van der Waals surface area contributed by atoms with Gasteiger partial charge in [0, 0.05) is 13.1 Å². The number of carbonyl (C=O) groups excluding carboxylic acids is 1. The average Bonchev–Trinajstić information content (AvgIpc) is 2.98.